The highest BCUT2D eigenvalue weighted by atomic mass is 32.1. The quantitative estimate of drug-likeness (QED) is 0.913. The standard InChI is InChI=1S/C16H18N2O2S/c1-3-12-5-7-14(21-12)15(19)10-4-6-13-11(8-10)9-18(2)16(20)17-13/h4-8,15,19H,3,9H2,1-2H3,(H,17,20). The Labute approximate surface area is 128 Å². The van der Waals surface area contributed by atoms with Crippen molar-refractivity contribution >= 4 is 23.1 Å². The van der Waals surface area contributed by atoms with Crippen LogP contribution in [0, 0.1) is 0 Å². The van der Waals surface area contributed by atoms with Gasteiger partial charge in [-0.3, -0.25) is 0 Å². The molecule has 2 aromatic rings. The minimum atomic E-state index is -0.608. The number of nitrogens with zero attached hydrogens (tertiary/aromatic N) is 1. The van der Waals surface area contributed by atoms with Gasteiger partial charge in [0.15, 0.2) is 0 Å². The van der Waals surface area contributed by atoms with Crippen LogP contribution in [0.3, 0.4) is 0 Å². The van der Waals surface area contributed by atoms with Crippen molar-refractivity contribution in [3.8, 4) is 0 Å². The van der Waals surface area contributed by atoms with Gasteiger partial charge in [-0.25, -0.2) is 4.79 Å². The molecule has 0 bridgehead atoms. The number of carbonyl (C=O) groups is 1. The third-order valence-corrected chi connectivity index (χ3v) is 5.02. The Morgan fingerprint density at radius 3 is 2.90 bits per heavy atom. The summed E-state index contributed by atoms with van der Waals surface area (Å²) in [4.78, 5) is 15.5. The largest absolute Gasteiger partial charge is 0.383 e. The predicted octanol–water partition coefficient (Wildman–Crippen LogP) is 3.37. The zero-order valence-corrected chi connectivity index (χ0v) is 12.9. The number of benzene rings is 1. The number of anilines is 1. The van der Waals surface area contributed by atoms with Crippen LogP contribution in [-0.2, 0) is 13.0 Å². The Balaban J connectivity index is 1.89. The number of aryl methyl sites for hydroxylation is 1. The second kappa shape index (κ2) is 5.50. The molecule has 4 nitrogen and oxygen atoms in total. The summed E-state index contributed by atoms with van der Waals surface area (Å²) in [5.41, 5.74) is 2.72. The molecule has 1 aliphatic heterocycles. The molecule has 2 N–H and O–H groups in total. The fourth-order valence-corrected chi connectivity index (χ4v) is 3.44. The minimum absolute atomic E-state index is 0.0957. The second-order valence-electron chi connectivity index (χ2n) is 5.26. The maximum absolute atomic E-state index is 11.6. The molecule has 0 radical (unpaired) electrons. The average Bonchev–Trinajstić information content (AvgIpc) is 2.96. The zero-order chi connectivity index (χ0) is 15.0. The molecule has 21 heavy (non-hydrogen) atoms. The maximum atomic E-state index is 11.6. The van der Waals surface area contributed by atoms with E-state index in [9.17, 15) is 9.90 Å². The number of nitrogens with one attached hydrogen (secondary N) is 1. The summed E-state index contributed by atoms with van der Waals surface area (Å²) in [7, 11) is 1.76. The monoisotopic (exact) mass is 302 g/mol. The molecule has 1 unspecified atom stereocenters. The van der Waals surface area contributed by atoms with Crippen LogP contribution in [0.2, 0.25) is 0 Å². The Kier molecular flexibility index (Phi) is 3.69. The van der Waals surface area contributed by atoms with Crippen LogP contribution >= 0.6 is 11.3 Å². The highest BCUT2D eigenvalue weighted by Gasteiger charge is 2.21. The van der Waals surface area contributed by atoms with Gasteiger partial charge in [0.25, 0.3) is 0 Å². The highest BCUT2D eigenvalue weighted by molar-refractivity contribution is 7.12. The van der Waals surface area contributed by atoms with E-state index in [-0.39, 0.29) is 6.03 Å². The molecular weight excluding hydrogens is 284 g/mol. The lowest BCUT2D eigenvalue weighted by atomic mass is 10.0. The molecule has 1 aromatic heterocycles. The van der Waals surface area contributed by atoms with Crippen LogP contribution in [0.4, 0.5) is 10.5 Å². The summed E-state index contributed by atoms with van der Waals surface area (Å²) in [5, 5.41) is 13.4. The zero-order valence-electron chi connectivity index (χ0n) is 12.1. The van der Waals surface area contributed by atoms with Gasteiger partial charge in [-0.05, 0) is 41.8 Å². The summed E-state index contributed by atoms with van der Waals surface area (Å²) >= 11 is 1.64. The summed E-state index contributed by atoms with van der Waals surface area (Å²) < 4.78 is 0. The molecule has 0 spiro atoms. The number of aliphatic hydroxyl groups is 1. The Morgan fingerprint density at radius 1 is 1.38 bits per heavy atom. The first-order chi connectivity index (χ1) is 10.1. The van der Waals surface area contributed by atoms with Crippen LogP contribution in [0.5, 0.6) is 0 Å². The van der Waals surface area contributed by atoms with Crippen LogP contribution in [0.15, 0.2) is 30.3 Å². The molecule has 110 valence electrons. The predicted molar refractivity (Wildman–Crippen MR) is 84.7 cm³/mol. The number of carbonyl (C=O) groups excluding carboxylic acids is 1. The average molecular weight is 302 g/mol. The summed E-state index contributed by atoms with van der Waals surface area (Å²) in [6, 6.07) is 9.67. The number of aliphatic hydroxyl groups excluding tert-OH is 1. The van der Waals surface area contributed by atoms with Gasteiger partial charge in [0.1, 0.15) is 6.10 Å². The number of fused-ring (bicyclic) bond motifs is 1. The van der Waals surface area contributed by atoms with E-state index in [0.29, 0.717) is 6.54 Å². The van der Waals surface area contributed by atoms with Crippen molar-refractivity contribution in [2.45, 2.75) is 26.0 Å². The van der Waals surface area contributed by atoms with E-state index in [0.717, 1.165) is 28.1 Å². The van der Waals surface area contributed by atoms with Crippen molar-refractivity contribution in [1.29, 1.82) is 0 Å². The van der Waals surface area contributed by atoms with Gasteiger partial charge in [-0.2, -0.15) is 0 Å². The van der Waals surface area contributed by atoms with Gasteiger partial charge in [0.2, 0.25) is 0 Å². The van der Waals surface area contributed by atoms with E-state index in [1.807, 2.05) is 24.3 Å². The number of thiophene rings is 1. The summed E-state index contributed by atoms with van der Waals surface area (Å²) in [6.07, 6.45) is 0.377. The molecule has 5 heteroatoms. The van der Waals surface area contributed by atoms with Crippen LogP contribution in [0.1, 0.15) is 33.9 Å². The van der Waals surface area contributed by atoms with Gasteiger partial charge in [0, 0.05) is 29.0 Å². The van der Waals surface area contributed by atoms with E-state index >= 15 is 0 Å². The first-order valence-electron chi connectivity index (χ1n) is 7.00. The Hall–Kier alpha value is -1.85. The van der Waals surface area contributed by atoms with Crippen molar-refractivity contribution in [2.24, 2.45) is 0 Å². The van der Waals surface area contributed by atoms with E-state index in [4.69, 9.17) is 0 Å². The minimum Gasteiger partial charge on any atom is -0.383 e. The van der Waals surface area contributed by atoms with Gasteiger partial charge in [-0.15, -0.1) is 11.3 Å². The number of urea groups is 1. The smallest absolute Gasteiger partial charge is 0.321 e. The van der Waals surface area contributed by atoms with Gasteiger partial charge in [0.05, 0.1) is 0 Å². The van der Waals surface area contributed by atoms with E-state index in [1.54, 1.807) is 23.3 Å². The Morgan fingerprint density at radius 2 is 2.19 bits per heavy atom. The van der Waals surface area contributed by atoms with E-state index < -0.39 is 6.10 Å². The molecule has 0 saturated carbocycles. The number of hydrogen-bond acceptors (Lipinski definition) is 3. The third kappa shape index (κ3) is 2.66. The molecule has 0 fully saturated rings. The van der Waals surface area contributed by atoms with E-state index in [1.165, 1.54) is 4.88 Å². The molecule has 3 rings (SSSR count). The molecule has 1 aromatic carbocycles. The van der Waals surface area contributed by atoms with Crippen LogP contribution in [0.25, 0.3) is 0 Å². The lowest BCUT2D eigenvalue weighted by Gasteiger charge is -2.26. The van der Waals surface area contributed by atoms with Gasteiger partial charge in [-0.1, -0.05) is 13.0 Å². The van der Waals surface area contributed by atoms with Crippen molar-refractivity contribution in [3.63, 3.8) is 0 Å². The SMILES string of the molecule is CCc1ccc(C(O)c2ccc3c(c2)CN(C)C(=O)N3)s1. The molecule has 1 aliphatic rings. The van der Waals surface area contributed by atoms with Crippen LogP contribution in [-0.4, -0.2) is 23.1 Å². The number of hydrogen-bond donors (Lipinski definition) is 2. The Bertz CT molecular complexity index is 681. The fraction of sp³-hybridized carbons (Fsp3) is 0.312. The molecular formula is C16H18N2O2S. The third-order valence-electron chi connectivity index (χ3n) is 3.74. The molecule has 0 saturated heterocycles. The first-order valence-corrected chi connectivity index (χ1v) is 7.81. The molecule has 2 amide bonds. The lowest BCUT2D eigenvalue weighted by molar-refractivity contribution is 0.217. The second-order valence-corrected chi connectivity index (χ2v) is 6.46. The highest BCUT2D eigenvalue weighted by Crippen LogP contribution is 2.32. The lowest BCUT2D eigenvalue weighted by Crippen LogP contribution is -2.35. The van der Waals surface area contributed by atoms with Gasteiger partial charge < -0.3 is 15.3 Å². The van der Waals surface area contributed by atoms with E-state index in [2.05, 4.69) is 18.3 Å². The number of amides is 2. The topological polar surface area (TPSA) is 52.6 Å². The maximum Gasteiger partial charge on any atom is 0.321 e. The normalized spacial score (nSPS) is 15.6. The van der Waals surface area contributed by atoms with Crippen molar-refractivity contribution < 1.29 is 9.90 Å². The molecule has 0 aliphatic carbocycles. The number of rotatable bonds is 3. The summed E-state index contributed by atoms with van der Waals surface area (Å²) in [6.45, 7) is 2.67. The van der Waals surface area contributed by atoms with Crippen molar-refractivity contribution in [1.82, 2.24) is 4.90 Å². The molecule has 2 heterocycles. The first kappa shape index (κ1) is 14.1. The fourth-order valence-electron chi connectivity index (χ4n) is 2.47. The summed E-state index contributed by atoms with van der Waals surface area (Å²) in [5.74, 6) is 0. The molecule has 1 atom stereocenters. The van der Waals surface area contributed by atoms with Crippen molar-refractivity contribution in [3.05, 3.63) is 51.2 Å². The van der Waals surface area contributed by atoms with Crippen molar-refractivity contribution in [2.75, 3.05) is 12.4 Å². The van der Waals surface area contributed by atoms with Crippen LogP contribution < -0.4 is 5.32 Å². The van der Waals surface area contributed by atoms with Gasteiger partial charge >= 0.3 is 6.03 Å².